The van der Waals surface area contributed by atoms with Gasteiger partial charge in [-0.3, -0.25) is 19.4 Å². The van der Waals surface area contributed by atoms with Crippen LogP contribution < -0.4 is 16.7 Å². The molecule has 0 aliphatic rings. The molecule has 2 heterocycles. The van der Waals surface area contributed by atoms with Crippen LogP contribution in [0.2, 0.25) is 0 Å². The first-order valence-corrected chi connectivity index (χ1v) is 6.05. The molecule has 0 fully saturated rings. The molecule has 0 radical (unpaired) electrons. The summed E-state index contributed by atoms with van der Waals surface area (Å²) in [5.41, 5.74) is 3.46. The van der Waals surface area contributed by atoms with Crippen LogP contribution in [-0.2, 0) is 14.1 Å². The summed E-state index contributed by atoms with van der Waals surface area (Å²) < 4.78 is 2.41. The van der Waals surface area contributed by atoms with Crippen LogP contribution in [-0.4, -0.2) is 19.0 Å². The van der Waals surface area contributed by atoms with Crippen LogP contribution in [0.4, 0.5) is 5.69 Å². The number of anilines is 1. The zero-order valence-corrected chi connectivity index (χ0v) is 11.1. The second-order valence-corrected chi connectivity index (χ2v) is 4.49. The Morgan fingerprint density at radius 3 is 2.45 bits per heavy atom. The monoisotopic (exact) mass is 271 g/mol. The van der Waals surface area contributed by atoms with Crippen molar-refractivity contribution in [1.82, 2.24) is 19.0 Å². The number of benzene rings is 1. The molecule has 0 bridgehead atoms. The van der Waals surface area contributed by atoms with Gasteiger partial charge in [-0.05, 0) is 12.1 Å². The summed E-state index contributed by atoms with van der Waals surface area (Å²) in [6.45, 7) is 0. The first-order chi connectivity index (χ1) is 9.58. The van der Waals surface area contributed by atoms with E-state index in [0.717, 1.165) is 10.3 Å². The summed E-state index contributed by atoms with van der Waals surface area (Å²) in [7, 11) is 3.04. The Morgan fingerprint density at radius 1 is 1.05 bits per heavy atom. The van der Waals surface area contributed by atoms with Gasteiger partial charge in [-0.25, -0.2) is 4.79 Å². The Kier molecular flexibility index (Phi) is 2.67. The number of hydrogen-bond acceptors (Lipinski definition) is 4. The summed E-state index contributed by atoms with van der Waals surface area (Å²) in [5.74, 6) is 0. The van der Waals surface area contributed by atoms with Gasteiger partial charge in [0.25, 0.3) is 5.56 Å². The van der Waals surface area contributed by atoms with E-state index in [1.165, 1.54) is 16.4 Å². The van der Waals surface area contributed by atoms with E-state index in [2.05, 4.69) is 10.5 Å². The normalized spacial score (nSPS) is 10.9. The molecule has 3 aromatic rings. The summed E-state index contributed by atoms with van der Waals surface area (Å²) in [6.07, 6.45) is 1.57. The second-order valence-electron chi connectivity index (χ2n) is 4.49. The van der Waals surface area contributed by atoms with Crippen LogP contribution in [0.1, 0.15) is 0 Å². The topological polar surface area (TPSA) is 73.8 Å². The highest BCUT2D eigenvalue weighted by Crippen LogP contribution is 2.08. The summed E-state index contributed by atoms with van der Waals surface area (Å²) in [5, 5.41) is 4.61. The summed E-state index contributed by atoms with van der Waals surface area (Å²) in [4.78, 5) is 25.3. The summed E-state index contributed by atoms with van der Waals surface area (Å²) >= 11 is 0. The smallest absolute Gasteiger partial charge is 0.279 e. The molecular formula is C13H13N5O2. The minimum atomic E-state index is -0.396. The third-order valence-corrected chi connectivity index (χ3v) is 3.14. The number of hydrogen-bond donors (Lipinski definition) is 1. The maximum absolute atomic E-state index is 12.0. The number of nitrogens with zero attached hydrogens (tertiary/aromatic N) is 4. The molecule has 2 aromatic heterocycles. The molecule has 0 saturated heterocycles. The van der Waals surface area contributed by atoms with E-state index in [0.29, 0.717) is 11.0 Å². The molecule has 0 unspecified atom stereocenters. The van der Waals surface area contributed by atoms with Crippen LogP contribution >= 0.6 is 0 Å². The van der Waals surface area contributed by atoms with Crippen LogP contribution in [0.25, 0.3) is 11.0 Å². The van der Waals surface area contributed by atoms with Gasteiger partial charge in [-0.2, -0.15) is 4.79 Å². The predicted molar refractivity (Wildman–Crippen MR) is 75.7 cm³/mol. The lowest BCUT2D eigenvalue weighted by Gasteiger charge is -2.04. The van der Waals surface area contributed by atoms with Crippen molar-refractivity contribution in [2.75, 3.05) is 5.43 Å². The highest BCUT2D eigenvalue weighted by atomic mass is 16.2. The SMILES string of the molecule is Cn1c(=O)c2cn(Nc3ccccc3)nc2n(C)c1=O. The van der Waals surface area contributed by atoms with E-state index in [1.807, 2.05) is 30.3 Å². The first kappa shape index (κ1) is 12.2. The summed E-state index contributed by atoms with van der Waals surface area (Å²) in [6, 6.07) is 9.44. The van der Waals surface area contributed by atoms with Gasteiger partial charge < -0.3 is 0 Å². The van der Waals surface area contributed by atoms with E-state index in [1.54, 1.807) is 13.2 Å². The molecule has 20 heavy (non-hydrogen) atoms. The lowest BCUT2D eigenvalue weighted by atomic mass is 10.3. The van der Waals surface area contributed by atoms with Crippen molar-refractivity contribution < 1.29 is 0 Å². The maximum Gasteiger partial charge on any atom is 0.332 e. The number of nitrogens with one attached hydrogen (secondary N) is 1. The number of aromatic nitrogens is 4. The highest BCUT2D eigenvalue weighted by Gasteiger charge is 2.12. The Hall–Kier alpha value is -2.83. The second kappa shape index (κ2) is 4.37. The van der Waals surface area contributed by atoms with E-state index >= 15 is 0 Å². The van der Waals surface area contributed by atoms with Crippen molar-refractivity contribution in [1.29, 1.82) is 0 Å². The molecule has 0 amide bonds. The number of para-hydroxylation sites is 1. The average Bonchev–Trinajstić information content (AvgIpc) is 2.88. The van der Waals surface area contributed by atoms with Gasteiger partial charge in [0.05, 0.1) is 11.9 Å². The third kappa shape index (κ3) is 1.80. The van der Waals surface area contributed by atoms with Gasteiger partial charge in [0.15, 0.2) is 5.65 Å². The van der Waals surface area contributed by atoms with Crippen LogP contribution in [0.5, 0.6) is 0 Å². The van der Waals surface area contributed by atoms with Crippen molar-refractivity contribution in [2.24, 2.45) is 14.1 Å². The van der Waals surface area contributed by atoms with Crippen molar-refractivity contribution in [3.05, 3.63) is 57.4 Å². The van der Waals surface area contributed by atoms with Gasteiger partial charge in [-0.15, -0.1) is 5.10 Å². The molecule has 7 nitrogen and oxygen atoms in total. The van der Waals surface area contributed by atoms with Gasteiger partial charge in [0.2, 0.25) is 0 Å². The maximum atomic E-state index is 12.0. The van der Waals surface area contributed by atoms with E-state index in [4.69, 9.17) is 0 Å². The number of rotatable bonds is 2. The lowest BCUT2D eigenvalue weighted by Crippen LogP contribution is -2.36. The molecule has 1 N–H and O–H groups in total. The fourth-order valence-corrected chi connectivity index (χ4v) is 2.05. The van der Waals surface area contributed by atoms with Crippen molar-refractivity contribution in [3.8, 4) is 0 Å². The minimum absolute atomic E-state index is 0.349. The molecule has 1 aromatic carbocycles. The Bertz CT molecular complexity index is 889. The molecule has 102 valence electrons. The molecule has 0 aliphatic heterocycles. The standard InChI is InChI=1S/C13H13N5O2/c1-16-11-10(12(19)17(2)13(16)20)8-18(15-11)14-9-6-4-3-5-7-9/h3-8,14H,1-2H3. The Labute approximate surface area is 113 Å². The van der Waals surface area contributed by atoms with E-state index < -0.39 is 5.69 Å². The van der Waals surface area contributed by atoms with Gasteiger partial charge >= 0.3 is 5.69 Å². The molecule has 0 spiro atoms. The highest BCUT2D eigenvalue weighted by molar-refractivity contribution is 5.73. The first-order valence-electron chi connectivity index (χ1n) is 6.05. The Morgan fingerprint density at radius 2 is 1.75 bits per heavy atom. The number of aryl methyl sites for hydroxylation is 1. The van der Waals surface area contributed by atoms with Crippen LogP contribution in [0.3, 0.4) is 0 Å². The van der Waals surface area contributed by atoms with E-state index in [-0.39, 0.29) is 5.56 Å². The lowest BCUT2D eigenvalue weighted by molar-refractivity contribution is 0.702. The number of fused-ring (bicyclic) bond motifs is 1. The van der Waals surface area contributed by atoms with Gasteiger partial charge in [0, 0.05) is 14.1 Å². The molecule has 3 rings (SSSR count). The Balaban J connectivity index is 2.17. The quantitative estimate of drug-likeness (QED) is 0.728. The zero-order chi connectivity index (χ0) is 14.3. The molecular weight excluding hydrogens is 258 g/mol. The van der Waals surface area contributed by atoms with Crippen molar-refractivity contribution in [3.63, 3.8) is 0 Å². The third-order valence-electron chi connectivity index (χ3n) is 3.14. The molecule has 0 aliphatic carbocycles. The van der Waals surface area contributed by atoms with Crippen molar-refractivity contribution in [2.45, 2.75) is 0 Å². The van der Waals surface area contributed by atoms with Crippen LogP contribution in [0.15, 0.2) is 46.1 Å². The largest absolute Gasteiger partial charge is 0.332 e. The van der Waals surface area contributed by atoms with Crippen LogP contribution in [0, 0.1) is 0 Å². The molecule has 0 atom stereocenters. The minimum Gasteiger partial charge on any atom is -0.279 e. The van der Waals surface area contributed by atoms with Gasteiger partial charge in [-0.1, -0.05) is 18.2 Å². The fourth-order valence-electron chi connectivity index (χ4n) is 2.05. The average molecular weight is 271 g/mol. The predicted octanol–water partition coefficient (Wildman–Crippen LogP) is 0.309. The zero-order valence-electron chi connectivity index (χ0n) is 11.1. The van der Waals surface area contributed by atoms with Gasteiger partial charge in [0.1, 0.15) is 5.39 Å². The fraction of sp³-hybridized carbons (Fsp3) is 0.154. The van der Waals surface area contributed by atoms with Crippen molar-refractivity contribution >= 4 is 16.7 Å². The molecule has 0 saturated carbocycles. The molecule has 7 heteroatoms. The van der Waals surface area contributed by atoms with E-state index in [9.17, 15) is 9.59 Å².